The zero-order valence-corrected chi connectivity index (χ0v) is 11.1. The first kappa shape index (κ1) is 11.5. The van der Waals surface area contributed by atoms with Crippen molar-refractivity contribution in [2.75, 3.05) is 6.61 Å². The van der Waals surface area contributed by atoms with E-state index < -0.39 is 8.32 Å². The molecule has 1 atom stereocenters. The van der Waals surface area contributed by atoms with Crippen LogP contribution in [0.1, 0.15) is 5.56 Å². The average molecular weight is 237 g/mol. The first-order valence-electron chi connectivity index (χ1n) is 5.64. The Bertz CT molecular complexity index is 387. The van der Waals surface area contributed by atoms with Crippen LogP contribution in [0, 0.1) is 0 Å². The molecular formula is C12H19NO2Si. The Kier molecular flexibility index (Phi) is 2.95. The predicted octanol–water partition coefficient (Wildman–Crippen LogP) is 2.16. The summed E-state index contributed by atoms with van der Waals surface area (Å²) in [6, 6.07) is 6.18. The molecule has 0 radical (unpaired) electrons. The van der Waals surface area contributed by atoms with Crippen molar-refractivity contribution in [3.63, 3.8) is 0 Å². The number of fused-ring (bicyclic) bond motifs is 1. The molecule has 3 nitrogen and oxygen atoms in total. The summed E-state index contributed by atoms with van der Waals surface area (Å²) in [5.41, 5.74) is 7.02. The quantitative estimate of drug-likeness (QED) is 0.802. The van der Waals surface area contributed by atoms with Crippen LogP contribution in [0.5, 0.6) is 11.5 Å². The summed E-state index contributed by atoms with van der Waals surface area (Å²) < 4.78 is 11.5. The fourth-order valence-electron chi connectivity index (χ4n) is 1.79. The molecule has 0 saturated carbocycles. The number of hydrogen-bond acceptors (Lipinski definition) is 3. The molecule has 1 aliphatic heterocycles. The van der Waals surface area contributed by atoms with E-state index in [0.717, 1.165) is 17.9 Å². The van der Waals surface area contributed by atoms with Crippen LogP contribution in [0.25, 0.3) is 0 Å². The Morgan fingerprint density at radius 1 is 1.38 bits per heavy atom. The standard InChI is InChI=1S/C12H19NO2Si/c1-16(2,3)15-11-5-4-9-6-10(13)8-14-12(9)7-11/h4-5,7,10H,6,8,13H2,1-3H3. The third-order valence-corrected chi connectivity index (χ3v) is 3.25. The number of nitrogens with two attached hydrogens (primary N) is 1. The largest absolute Gasteiger partial charge is 0.544 e. The van der Waals surface area contributed by atoms with E-state index in [1.165, 1.54) is 5.56 Å². The molecule has 2 rings (SSSR count). The molecule has 2 N–H and O–H groups in total. The second kappa shape index (κ2) is 4.11. The monoisotopic (exact) mass is 237 g/mol. The van der Waals surface area contributed by atoms with Crippen molar-refractivity contribution in [2.45, 2.75) is 32.1 Å². The summed E-state index contributed by atoms with van der Waals surface area (Å²) >= 11 is 0. The summed E-state index contributed by atoms with van der Waals surface area (Å²) in [5.74, 6) is 1.84. The van der Waals surface area contributed by atoms with Crippen LogP contribution in [0.3, 0.4) is 0 Å². The van der Waals surface area contributed by atoms with Crippen LogP contribution in [0.4, 0.5) is 0 Å². The van der Waals surface area contributed by atoms with Gasteiger partial charge in [0.15, 0.2) is 0 Å². The molecular weight excluding hydrogens is 218 g/mol. The third kappa shape index (κ3) is 2.77. The van der Waals surface area contributed by atoms with E-state index in [1.807, 2.05) is 12.1 Å². The molecule has 1 aliphatic rings. The smallest absolute Gasteiger partial charge is 0.242 e. The summed E-state index contributed by atoms with van der Waals surface area (Å²) in [7, 11) is -1.54. The topological polar surface area (TPSA) is 44.5 Å². The lowest BCUT2D eigenvalue weighted by molar-refractivity contribution is 0.263. The molecule has 0 spiro atoms. The maximum Gasteiger partial charge on any atom is 0.242 e. The summed E-state index contributed by atoms with van der Waals surface area (Å²) in [4.78, 5) is 0. The summed E-state index contributed by atoms with van der Waals surface area (Å²) in [6.45, 7) is 7.11. The molecule has 0 fully saturated rings. The Labute approximate surface area is 97.7 Å². The van der Waals surface area contributed by atoms with Gasteiger partial charge in [0.25, 0.3) is 0 Å². The van der Waals surface area contributed by atoms with E-state index in [9.17, 15) is 0 Å². The van der Waals surface area contributed by atoms with Gasteiger partial charge in [-0.1, -0.05) is 6.07 Å². The van der Waals surface area contributed by atoms with Crippen molar-refractivity contribution in [3.8, 4) is 11.5 Å². The number of hydrogen-bond donors (Lipinski definition) is 1. The molecule has 0 aliphatic carbocycles. The first-order chi connectivity index (χ1) is 7.44. The van der Waals surface area contributed by atoms with Crippen LogP contribution in [-0.4, -0.2) is 21.0 Å². The molecule has 0 aromatic heterocycles. The van der Waals surface area contributed by atoms with Crippen molar-refractivity contribution in [3.05, 3.63) is 23.8 Å². The minimum atomic E-state index is -1.54. The van der Waals surface area contributed by atoms with Crippen LogP contribution in [0.15, 0.2) is 18.2 Å². The first-order valence-corrected chi connectivity index (χ1v) is 9.05. The maximum atomic E-state index is 5.92. The van der Waals surface area contributed by atoms with Crippen LogP contribution in [0.2, 0.25) is 19.6 Å². The van der Waals surface area contributed by atoms with Gasteiger partial charge in [-0.05, 0) is 37.7 Å². The van der Waals surface area contributed by atoms with Gasteiger partial charge >= 0.3 is 0 Å². The molecule has 1 aromatic rings. The van der Waals surface area contributed by atoms with Gasteiger partial charge < -0.3 is 14.9 Å². The second-order valence-corrected chi connectivity index (χ2v) is 9.69. The molecule has 1 aromatic carbocycles. The van der Waals surface area contributed by atoms with Crippen molar-refractivity contribution in [1.29, 1.82) is 0 Å². The van der Waals surface area contributed by atoms with Gasteiger partial charge in [0.05, 0.1) is 0 Å². The van der Waals surface area contributed by atoms with Crippen molar-refractivity contribution < 1.29 is 9.16 Å². The number of ether oxygens (including phenoxy) is 1. The average Bonchev–Trinajstić information content (AvgIpc) is 2.16. The minimum absolute atomic E-state index is 0.122. The Hall–Kier alpha value is -1.00. The molecule has 0 bridgehead atoms. The maximum absolute atomic E-state index is 5.92. The Morgan fingerprint density at radius 2 is 2.12 bits per heavy atom. The van der Waals surface area contributed by atoms with Crippen LogP contribution in [-0.2, 0) is 6.42 Å². The number of rotatable bonds is 2. The van der Waals surface area contributed by atoms with Gasteiger partial charge in [-0.25, -0.2) is 0 Å². The normalized spacial score (nSPS) is 19.9. The molecule has 1 heterocycles. The summed E-state index contributed by atoms with van der Waals surface area (Å²) in [6.07, 6.45) is 0.891. The van der Waals surface area contributed by atoms with Crippen molar-refractivity contribution >= 4 is 8.32 Å². The van der Waals surface area contributed by atoms with E-state index in [0.29, 0.717) is 6.61 Å². The fraction of sp³-hybridized carbons (Fsp3) is 0.500. The Balaban J connectivity index is 2.20. The van der Waals surface area contributed by atoms with Crippen molar-refractivity contribution in [1.82, 2.24) is 0 Å². The second-order valence-electron chi connectivity index (χ2n) is 5.26. The Morgan fingerprint density at radius 3 is 2.81 bits per heavy atom. The summed E-state index contributed by atoms with van der Waals surface area (Å²) in [5, 5.41) is 0. The lowest BCUT2D eigenvalue weighted by Gasteiger charge is -2.25. The van der Waals surface area contributed by atoms with Crippen LogP contribution < -0.4 is 14.9 Å². The SMILES string of the molecule is C[Si](C)(C)Oc1ccc2c(c1)OCC(N)C2. The molecule has 1 unspecified atom stereocenters. The van der Waals surface area contributed by atoms with E-state index in [2.05, 4.69) is 25.7 Å². The highest BCUT2D eigenvalue weighted by atomic mass is 28.4. The molecule has 88 valence electrons. The van der Waals surface area contributed by atoms with E-state index in [1.54, 1.807) is 0 Å². The molecule has 0 saturated heterocycles. The minimum Gasteiger partial charge on any atom is -0.544 e. The van der Waals surface area contributed by atoms with E-state index >= 15 is 0 Å². The highest BCUT2D eigenvalue weighted by Crippen LogP contribution is 2.29. The van der Waals surface area contributed by atoms with Crippen LogP contribution >= 0.6 is 0 Å². The lowest BCUT2D eigenvalue weighted by atomic mass is 10.0. The third-order valence-electron chi connectivity index (χ3n) is 2.40. The molecule has 0 amide bonds. The van der Waals surface area contributed by atoms with Gasteiger partial charge in [-0.15, -0.1) is 0 Å². The van der Waals surface area contributed by atoms with E-state index in [4.69, 9.17) is 14.9 Å². The van der Waals surface area contributed by atoms with Gasteiger partial charge in [-0.3, -0.25) is 0 Å². The van der Waals surface area contributed by atoms with E-state index in [-0.39, 0.29) is 6.04 Å². The zero-order chi connectivity index (χ0) is 11.8. The molecule has 4 heteroatoms. The molecule has 16 heavy (non-hydrogen) atoms. The zero-order valence-electron chi connectivity index (χ0n) is 10.1. The predicted molar refractivity (Wildman–Crippen MR) is 67.6 cm³/mol. The number of benzene rings is 1. The van der Waals surface area contributed by atoms with Gasteiger partial charge in [0, 0.05) is 12.1 Å². The van der Waals surface area contributed by atoms with Gasteiger partial charge in [0.2, 0.25) is 8.32 Å². The van der Waals surface area contributed by atoms with Crippen molar-refractivity contribution in [2.24, 2.45) is 5.73 Å². The highest BCUT2D eigenvalue weighted by Gasteiger charge is 2.20. The fourth-order valence-corrected chi connectivity index (χ4v) is 2.63. The highest BCUT2D eigenvalue weighted by molar-refractivity contribution is 6.70. The lowest BCUT2D eigenvalue weighted by Crippen LogP contribution is -2.34. The van der Waals surface area contributed by atoms with Gasteiger partial charge in [0.1, 0.15) is 18.1 Å². The van der Waals surface area contributed by atoms with Gasteiger partial charge in [-0.2, -0.15) is 0 Å².